The summed E-state index contributed by atoms with van der Waals surface area (Å²) in [5.41, 5.74) is 2.25. The highest BCUT2D eigenvalue weighted by Gasteiger charge is 2.16. The van der Waals surface area contributed by atoms with Gasteiger partial charge in [0.25, 0.3) is 5.91 Å². The Bertz CT molecular complexity index is 1020. The Morgan fingerprint density at radius 3 is 2.72 bits per heavy atom. The minimum atomic E-state index is -0.436. The summed E-state index contributed by atoms with van der Waals surface area (Å²) in [5, 5.41) is 3.72. The molecule has 1 aromatic heterocycles. The summed E-state index contributed by atoms with van der Waals surface area (Å²) in [6.45, 7) is 1.32. The zero-order valence-corrected chi connectivity index (χ0v) is 16.1. The molecule has 2 aromatic carbocycles. The van der Waals surface area contributed by atoms with Crippen LogP contribution >= 0.6 is 0 Å². The third-order valence-corrected chi connectivity index (χ3v) is 4.86. The van der Waals surface area contributed by atoms with Gasteiger partial charge in [-0.2, -0.15) is 0 Å². The van der Waals surface area contributed by atoms with Crippen LogP contribution in [0.3, 0.4) is 0 Å². The van der Waals surface area contributed by atoms with Crippen LogP contribution in [-0.2, 0) is 9.47 Å². The molecule has 150 valence electrons. The topological polar surface area (TPSA) is 89.7 Å². The number of methoxy groups -OCH3 is 1. The molecule has 7 heteroatoms. The summed E-state index contributed by atoms with van der Waals surface area (Å²) in [7, 11) is 1.33. The maximum absolute atomic E-state index is 12.5. The predicted molar refractivity (Wildman–Crippen MR) is 109 cm³/mol. The molecule has 0 aliphatic carbocycles. The molecule has 0 bridgehead atoms. The number of esters is 1. The Hall–Kier alpha value is -3.32. The van der Waals surface area contributed by atoms with Crippen LogP contribution in [0, 0.1) is 0 Å². The molecule has 7 nitrogen and oxygen atoms in total. The molecule has 2 N–H and O–H groups in total. The first kappa shape index (κ1) is 19.0. The average molecular weight is 394 g/mol. The van der Waals surface area contributed by atoms with Crippen molar-refractivity contribution in [1.82, 2.24) is 4.98 Å². The molecule has 1 amide bonds. The number of carbonyl (C=O) groups is 2. The Kier molecular flexibility index (Phi) is 5.48. The third-order valence-electron chi connectivity index (χ3n) is 4.86. The van der Waals surface area contributed by atoms with Gasteiger partial charge >= 0.3 is 5.97 Å². The van der Waals surface area contributed by atoms with E-state index < -0.39 is 5.97 Å². The van der Waals surface area contributed by atoms with E-state index in [1.807, 2.05) is 6.07 Å². The molecule has 1 atom stereocenters. The molecule has 0 spiro atoms. The summed E-state index contributed by atoms with van der Waals surface area (Å²) in [5.74, 6) is 0.0450. The van der Waals surface area contributed by atoms with Crippen LogP contribution in [0.2, 0.25) is 0 Å². The number of benzene rings is 2. The zero-order valence-electron chi connectivity index (χ0n) is 16.1. The second-order valence-corrected chi connectivity index (χ2v) is 6.90. The second-order valence-electron chi connectivity index (χ2n) is 6.90. The van der Waals surface area contributed by atoms with E-state index in [4.69, 9.17) is 14.2 Å². The number of hydrogen-bond acceptors (Lipinski definition) is 5. The van der Waals surface area contributed by atoms with E-state index in [0.717, 1.165) is 30.4 Å². The van der Waals surface area contributed by atoms with Crippen LogP contribution in [0.5, 0.6) is 5.75 Å². The largest absolute Gasteiger partial charge is 0.491 e. The fourth-order valence-electron chi connectivity index (χ4n) is 3.30. The number of carbonyl (C=O) groups excluding carboxylic acids is 2. The zero-order chi connectivity index (χ0) is 20.2. The van der Waals surface area contributed by atoms with E-state index in [0.29, 0.717) is 29.3 Å². The summed E-state index contributed by atoms with van der Waals surface area (Å²) in [4.78, 5) is 27.2. The molecule has 0 unspecified atom stereocenters. The first-order valence-corrected chi connectivity index (χ1v) is 9.49. The van der Waals surface area contributed by atoms with Gasteiger partial charge in [-0.25, -0.2) is 4.79 Å². The number of H-pyrrole nitrogens is 1. The number of rotatable bonds is 6. The number of aromatic nitrogens is 1. The van der Waals surface area contributed by atoms with E-state index in [1.165, 1.54) is 7.11 Å². The van der Waals surface area contributed by atoms with Crippen molar-refractivity contribution in [1.29, 1.82) is 0 Å². The molecule has 1 aliphatic rings. The molecule has 4 rings (SSSR count). The third kappa shape index (κ3) is 4.41. The molecular weight excluding hydrogens is 372 g/mol. The Morgan fingerprint density at radius 1 is 1.17 bits per heavy atom. The number of nitrogens with one attached hydrogen (secondary N) is 2. The number of amides is 1. The van der Waals surface area contributed by atoms with E-state index in [1.54, 1.807) is 42.5 Å². The summed E-state index contributed by atoms with van der Waals surface area (Å²) in [6, 6.07) is 14.1. The van der Waals surface area contributed by atoms with Gasteiger partial charge in [0.05, 0.1) is 13.2 Å². The van der Waals surface area contributed by atoms with Gasteiger partial charge in [-0.3, -0.25) is 4.79 Å². The van der Waals surface area contributed by atoms with Crippen molar-refractivity contribution in [3.05, 3.63) is 59.8 Å². The first-order chi connectivity index (χ1) is 14.1. The molecule has 0 radical (unpaired) electrons. The molecule has 2 heterocycles. The number of ether oxygens (including phenoxy) is 3. The smallest absolute Gasteiger partial charge is 0.354 e. The normalized spacial score (nSPS) is 16.0. The fourth-order valence-corrected chi connectivity index (χ4v) is 3.30. The van der Waals surface area contributed by atoms with E-state index >= 15 is 0 Å². The number of anilines is 1. The summed E-state index contributed by atoms with van der Waals surface area (Å²) in [6.07, 6.45) is 2.25. The van der Waals surface area contributed by atoms with Gasteiger partial charge in [-0.1, -0.05) is 6.07 Å². The van der Waals surface area contributed by atoms with E-state index in [9.17, 15) is 9.59 Å². The SMILES string of the molecule is COC(=O)c1cc2ccc(NC(=O)c3ccc(OC[C@@H]4CCCO4)cc3)cc2[nH]1. The fraction of sp³-hybridized carbons (Fsp3) is 0.273. The highest BCUT2D eigenvalue weighted by Crippen LogP contribution is 2.22. The summed E-state index contributed by atoms with van der Waals surface area (Å²) >= 11 is 0. The van der Waals surface area contributed by atoms with Crippen LogP contribution in [-0.4, -0.2) is 43.3 Å². The van der Waals surface area contributed by atoms with Crippen LogP contribution in [0.4, 0.5) is 5.69 Å². The lowest BCUT2D eigenvalue weighted by Gasteiger charge is -2.12. The van der Waals surface area contributed by atoms with E-state index in [2.05, 4.69) is 10.3 Å². The van der Waals surface area contributed by atoms with Gasteiger partial charge in [-0.15, -0.1) is 0 Å². The highest BCUT2D eigenvalue weighted by atomic mass is 16.5. The van der Waals surface area contributed by atoms with Crippen LogP contribution in [0.25, 0.3) is 10.9 Å². The maximum Gasteiger partial charge on any atom is 0.354 e. The number of aromatic amines is 1. The predicted octanol–water partition coefficient (Wildman–Crippen LogP) is 3.76. The van der Waals surface area contributed by atoms with Crippen molar-refractivity contribution in [2.45, 2.75) is 18.9 Å². The van der Waals surface area contributed by atoms with Gasteiger partial charge in [0.2, 0.25) is 0 Å². The Labute approximate surface area is 168 Å². The van der Waals surface area contributed by atoms with Crippen LogP contribution in [0.1, 0.15) is 33.7 Å². The quantitative estimate of drug-likeness (QED) is 0.621. The highest BCUT2D eigenvalue weighted by molar-refractivity contribution is 6.05. The monoisotopic (exact) mass is 394 g/mol. The van der Waals surface area contributed by atoms with Gasteiger partial charge in [0.1, 0.15) is 18.1 Å². The molecule has 0 saturated carbocycles. The van der Waals surface area contributed by atoms with Crippen molar-refractivity contribution < 1.29 is 23.8 Å². The van der Waals surface area contributed by atoms with Crippen molar-refractivity contribution in [3.8, 4) is 5.75 Å². The first-order valence-electron chi connectivity index (χ1n) is 9.49. The van der Waals surface area contributed by atoms with Crippen molar-refractivity contribution in [3.63, 3.8) is 0 Å². The van der Waals surface area contributed by atoms with E-state index in [-0.39, 0.29) is 12.0 Å². The standard InChI is InChI=1S/C22H22N2O5/c1-27-22(26)20-11-15-4-7-16(12-19(15)24-20)23-21(25)14-5-8-17(9-6-14)29-13-18-3-2-10-28-18/h4-9,11-12,18,24H,2-3,10,13H2,1H3,(H,23,25)/t18-/m0/s1. The lowest BCUT2D eigenvalue weighted by atomic mass is 10.2. The minimum absolute atomic E-state index is 0.153. The second kappa shape index (κ2) is 8.36. The Morgan fingerprint density at radius 2 is 2.00 bits per heavy atom. The lowest BCUT2D eigenvalue weighted by Crippen LogP contribution is -2.16. The van der Waals surface area contributed by atoms with Crippen molar-refractivity contribution in [2.24, 2.45) is 0 Å². The number of fused-ring (bicyclic) bond motifs is 1. The molecule has 1 fully saturated rings. The molecule has 1 saturated heterocycles. The lowest BCUT2D eigenvalue weighted by molar-refractivity contribution is 0.0595. The van der Waals surface area contributed by atoms with Gasteiger partial charge in [0.15, 0.2) is 0 Å². The molecule has 29 heavy (non-hydrogen) atoms. The van der Waals surface area contributed by atoms with Crippen LogP contribution in [0.15, 0.2) is 48.5 Å². The van der Waals surface area contributed by atoms with Gasteiger partial charge in [0, 0.05) is 28.8 Å². The molecule has 1 aliphatic heterocycles. The summed E-state index contributed by atoms with van der Waals surface area (Å²) < 4.78 is 16.0. The molecule has 3 aromatic rings. The van der Waals surface area contributed by atoms with Crippen LogP contribution < -0.4 is 10.1 Å². The van der Waals surface area contributed by atoms with Gasteiger partial charge < -0.3 is 24.5 Å². The molecular formula is C22H22N2O5. The van der Waals surface area contributed by atoms with Crippen molar-refractivity contribution >= 4 is 28.5 Å². The maximum atomic E-state index is 12.5. The average Bonchev–Trinajstić information content (AvgIpc) is 3.41. The van der Waals surface area contributed by atoms with Crippen molar-refractivity contribution in [2.75, 3.05) is 25.6 Å². The van der Waals surface area contributed by atoms with Gasteiger partial charge in [-0.05, 0) is 55.3 Å². The Balaban J connectivity index is 1.39. The number of hydrogen-bond donors (Lipinski definition) is 2. The minimum Gasteiger partial charge on any atom is -0.491 e.